The second kappa shape index (κ2) is 5.51. The highest BCUT2D eigenvalue weighted by Crippen LogP contribution is 2.19. The van der Waals surface area contributed by atoms with Gasteiger partial charge in [0.15, 0.2) is 11.6 Å². The lowest BCUT2D eigenvalue weighted by Gasteiger charge is -2.08. The molecule has 1 aromatic heterocycles. The van der Waals surface area contributed by atoms with E-state index in [0.717, 1.165) is 16.9 Å². The second-order valence-corrected chi connectivity index (χ2v) is 4.40. The van der Waals surface area contributed by atoms with E-state index in [9.17, 15) is 4.79 Å². The summed E-state index contributed by atoms with van der Waals surface area (Å²) in [6.45, 7) is 4.26. The van der Waals surface area contributed by atoms with Crippen LogP contribution in [0.4, 0.5) is 0 Å². The smallest absolute Gasteiger partial charge is 0.225 e. The Kier molecular flexibility index (Phi) is 3.79. The molecule has 1 amide bonds. The fraction of sp³-hybridized carbons (Fsp3) is 0.308. The van der Waals surface area contributed by atoms with Crippen LogP contribution in [0.15, 0.2) is 18.2 Å². The molecular formula is C13H16N4O2. The Morgan fingerprint density at radius 2 is 2.21 bits per heavy atom. The molecule has 6 nitrogen and oxygen atoms in total. The highest BCUT2D eigenvalue weighted by atomic mass is 16.5. The fourth-order valence-corrected chi connectivity index (χ4v) is 1.64. The first-order valence-electron chi connectivity index (χ1n) is 5.93. The first kappa shape index (κ1) is 13.1. The van der Waals surface area contributed by atoms with E-state index in [-0.39, 0.29) is 13.0 Å². The molecule has 0 aliphatic heterocycles. The minimum Gasteiger partial charge on any atom is -0.485 e. The molecule has 0 spiro atoms. The van der Waals surface area contributed by atoms with Gasteiger partial charge in [0.1, 0.15) is 12.4 Å². The summed E-state index contributed by atoms with van der Waals surface area (Å²) in [6.07, 6.45) is 0.0278. The Labute approximate surface area is 111 Å². The molecule has 0 fully saturated rings. The molecule has 0 aliphatic carbocycles. The van der Waals surface area contributed by atoms with E-state index < -0.39 is 5.91 Å². The van der Waals surface area contributed by atoms with Crippen LogP contribution in [0.25, 0.3) is 0 Å². The van der Waals surface area contributed by atoms with Gasteiger partial charge in [-0.1, -0.05) is 12.1 Å². The highest BCUT2D eigenvalue weighted by Gasteiger charge is 2.07. The second-order valence-electron chi connectivity index (χ2n) is 4.40. The number of aromatic nitrogens is 3. The summed E-state index contributed by atoms with van der Waals surface area (Å²) in [6, 6.07) is 6.00. The molecule has 1 heterocycles. The van der Waals surface area contributed by atoms with Crippen molar-refractivity contribution in [2.45, 2.75) is 26.9 Å². The van der Waals surface area contributed by atoms with Crippen LogP contribution >= 0.6 is 0 Å². The van der Waals surface area contributed by atoms with Crippen molar-refractivity contribution >= 4 is 5.91 Å². The van der Waals surface area contributed by atoms with Crippen molar-refractivity contribution in [1.82, 2.24) is 15.2 Å². The molecule has 2 aromatic rings. The van der Waals surface area contributed by atoms with Crippen LogP contribution in [-0.2, 0) is 17.8 Å². The van der Waals surface area contributed by atoms with E-state index in [4.69, 9.17) is 10.5 Å². The molecule has 6 heteroatoms. The zero-order valence-corrected chi connectivity index (χ0v) is 10.9. The van der Waals surface area contributed by atoms with Crippen LogP contribution in [0.3, 0.4) is 0 Å². The quantitative estimate of drug-likeness (QED) is 0.839. The SMILES string of the molecule is Cc1ccc(C)c(OCc2nc(CC(N)=O)n[nH]2)c1. The molecule has 3 N–H and O–H groups in total. The van der Waals surface area contributed by atoms with Crippen LogP contribution in [0.2, 0.25) is 0 Å². The standard InChI is InChI=1S/C13H16N4O2/c1-8-3-4-9(2)10(5-8)19-7-13-15-12(16-17-13)6-11(14)18/h3-5H,6-7H2,1-2H3,(H2,14,18)(H,15,16,17). The predicted octanol–water partition coefficient (Wildman–Crippen LogP) is 1.03. The van der Waals surface area contributed by atoms with Gasteiger partial charge in [0.2, 0.25) is 5.91 Å². The zero-order chi connectivity index (χ0) is 13.8. The minimum atomic E-state index is -0.457. The third-order valence-corrected chi connectivity index (χ3v) is 2.62. The number of hydrogen-bond acceptors (Lipinski definition) is 4. The number of primary amides is 1. The topological polar surface area (TPSA) is 93.9 Å². The Hall–Kier alpha value is -2.37. The molecule has 0 unspecified atom stereocenters. The van der Waals surface area contributed by atoms with E-state index in [1.54, 1.807) is 0 Å². The maximum absolute atomic E-state index is 10.7. The van der Waals surface area contributed by atoms with Crippen molar-refractivity contribution in [1.29, 1.82) is 0 Å². The zero-order valence-electron chi connectivity index (χ0n) is 10.9. The van der Waals surface area contributed by atoms with Crippen LogP contribution in [0, 0.1) is 13.8 Å². The van der Waals surface area contributed by atoms with E-state index >= 15 is 0 Å². The monoisotopic (exact) mass is 260 g/mol. The predicted molar refractivity (Wildman–Crippen MR) is 69.5 cm³/mol. The van der Waals surface area contributed by atoms with Gasteiger partial charge in [-0.15, -0.1) is 0 Å². The Morgan fingerprint density at radius 1 is 1.42 bits per heavy atom. The Balaban J connectivity index is 2.00. The van der Waals surface area contributed by atoms with Crippen LogP contribution in [0.1, 0.15) is 22.8 Å². The van der Waals surface area contributed by atoms with Crippen LogP contribution in [-0.4, -0.2) is 21.1 Å². The molecule has 0 radical (unpaired) electrons. The molecule has 1 aromatic carbocycles. The molecule has 0 atom stereocenters. The van der Waals surface area contributed by atoms with Crippen molar-refractivity contribution in [2.75, 3.05) is 0 Å². The lowest BCUT2D eigenvalue weighted by molar-refractivity contribution is -0.117. The molecule has 0 aliphatic rings. The number of aromatic amines is 1. The minimum absolute atomic E-state index is 0.0278. The number of nitrogens with zero attached hydrogens (tertiary/aromatic N) is 2. The molecular weight excluding hydrogens is 244 g/mol. The number of carbonyl (C=O) groups excluding carboxylic acids is 1. The number of amides is 1. The maximum atomic E-state index is 10.7. The first-order valence-corrected chi connectivity index (χ1v) is 5.93. The van der Waals surface area contributed by atoms with Gasteiger partial charge in [-0.25, -0.2) is 4.98 Å². The lowest BCUT2D eigenvalue weighted by Crippen LogP contribution is -2.14. The summed E-state index contributed by atoms with van der Waals surface area (Å²) >= 11 is 0. The van der Waals surface area contributed by atoms with Gasteiger partial charge < -0.3 is 10.5 Å². The van der Waals surface area contributed by atoms with Crippen LogP contribution in [0.5, 0.6) is 5.75 Å². The average molecular weight is 260 g/mol. The summed E-state index contributed by atoms with van der Waals surface area (Å²) in [5, 5.41) is 6.61. The van der Waals surface area contributed by atoms with Crippen molar-refractivity contribution in [2.24, 2.45) is 5.73 Å². The van der Waals surface area contributed by atoms with E-state index in [1.165, 1.54) is 0 Å². The Morgan fingerprint density at radius 3 is 2.95 bits per heavy atom. The van der Waals surface area contributed by atoms with E-state index in [2.05, 4.69) is 15.2 Å². The van der Waals surface area contributed by atoms with Gasteiger partial charge in [-0.2, -0.15) is 5.10 Å². The number of rotatable bonds is 5. The van der Waals surface area contributed by atoms with Crippen molar-refractivity contribution < 1.29 is 9.53 Å². The normalized spacial score (nSPS) is 10.4. The molecule has 19 heavy (non-hydrogen) atoms. The van der Waals surface area contributed by atoms with Gasteiger partial charge >= 0.3 is 0 Å². The summed E-state index contributed by atoms with van der Waals surface area (Å²) in [4.78, 5) is 14.9. The van der Waals surface area contributed by atoms with Gasteiger partial charge in [0, 0.05) is 0 Å². The number of hydrogen-bond donors (Lipinski definition) is 2. The average Bonchev–Trinajstić information content (AvgIpc) is 2.77. The highest BCUT2D eigenvalue weighted by molar-refractivity contribution is 5.75. The van der Waals surface area contributed by atoms with E-state index in [1.807, 2.05) is 32.0 Å². The fourth-order valence-electron chi connectivity index (χ4n) is 1.64. The van der Waals surface area contributed by atoms with Gasteiger partial charge in [-0.05, 0) is 31.0 Å². The lowest BCUT2D eigenvalue weighted by atomic mass is 10.1. The maximum Gasteiger partial charge on any atom is 0.225 e. The summed E-state index contributed by atoms with van der Waals surface area (Å²) < 4.78 is 5.67. The number of aryl methyl sites for hydroxylation is 2. The van der Waals surface area contributed by atoms with Crippen molar-refractivity contribution in [3.05, 3.63) is 41.0 Å². The number of benzene rings is 1. The summed E-state index contributed by atoms with van der Waals surface area (Å²) in [5.74, 6) is 1.30. The molecule has 0 bridgehead atoms. The van der Waals surface area contributed by atoms with Gasteiger partial charge in [-0.3, -0.25) is 9.89 Å². The van der Waals surface area contributed by atoms with E-state index in [0.29, 0.717) is 11.6 Å². The summed E-state index contributed by atoms with van der Waals surface area (Å²) in [5.41, 5.74) is 7.26. The van der Waals surface area contributed by atoms with Gasteiger partial charge in [0.25, 0.3) is 0 Å². The molecule has 0 saturated heterocycles. The third kappa shape index (κ3) is 3.54. The molecule has 2 rings (SSSR count). The first-order chi connectivity index (χ1) is 9.04. The Bertz CT molecular complexity index is 592. The number of ether oxygens (including phenoxy) is 1. The van der Waals surface area contributed by atoms with Crippen molar-refractivity contribution in [3.8, 4) is 5.75 Å². The van der Waals surface area contributed by atoms with Gasteiger partial charge in [0.05, 0.1) is 6.42 Å². The number of nitrogens with two attached hydrogens (primary N) is 1. The molecule has 100 valence electrons. The third-order valence-electron chi connectivity index (χ3n) is 2.62. The summed E-state index contributed by atoms with van der Waals surface area (Å²) in [7, 11) is 0. The number of carbonyl (C=O) groups is 1. The van der Waals surface area contributed by atoms with Crippen molar-refractivity contribution in [3.63, 3.8) is 0 Å². The number of H-pyrrole nitrogens is 1. The molecule has 0 saturated carbocycles. The largest absolute Gasteiger partial charge is 0.485 e. The van der Waals surface area contributed by atoms with Crippen LogP contribution < -0.4 is 10.5 Å². The number of nitrogens with one attached hydrogen (secondary N) is 1.